The highest BCUT2D eigenvalue weighted by Gasteiger charge is 2.26. The van der Waals surface area contributed by atoms with E-state index in [0.29, 0.717) is 28.0 Å². The monoisotopic (exact) mass is 499 g/mol. The Bertz CT molecular complexity index is 1170. The van der Waals surface area contributed by atoms with Gasteiger partial charge in [0.25, 0.3) is 0 Å². The molecule has 0 radical (unpaired) electrons. The first-order valence-electron chi connectivity index (χ1n) is 11.1. The number of carbonyl (C=O) groups is 2. The van der Waals surface area contributed by atoms with Crippen molar-refractivity contribution in [3.05, 3.63) is 51.0 Å². The van der Waals surface area contributed by atoms with Crippen molar-refractivity contribution in [2.24, 2.45) is 0 Å². The molecule has 4 rings (SSSR count). The van der Waals surface area contributed by atoms with Crippen molar-refractivity contribution in [2.45, 2.75) is 33.3 Å². The number of aromatic nitrogens is 1. The van der Waals surface area contributed by atoms with E-state index in [9.17, 15) is 9.59 Å². The molecule has 1 fully saturated rings. The summed E-state index contributed by atoms with van der Waals surface area (Å²) in [6, 6.07) is 9.93. The Balaban J connectivity index is 1.36. The fraction of sp³-hybridized carbons (Fsp3) is 0.375. The summed E-state index contributed by atoms with van der Waals surface area (Å²) < 4.78 is 5.47. The minimum atomic E-state index is -0.490. The smallest absolute Gasteiger partial charge is 0.410 e. The van der Waals surface area contributed by atoms with Gasteiger partial charge in [0.2, 0.25) is 5.78 Å². The molecule has 0 aliphatic carbocycles. The van der Waals surface area contributed by atoms with Gasteiger partial charge in [0.1, 0.15) is 16.3 Å². The Morgan fingerprint density at radius 1 is 1.06 bits per heavy atom. The fourth-order valence-corrected chi connectivity index (χ4v) is 5.40. The number of nitrogens with zero attached hydrogens (tertiary/aromatic N) is 3. The number of nitrogens with two attached hydrogens (primary N) is 1. The van der Waals surface area contributed by atoms with Crippen LogP contribution in [-0.2, 0) is 4.74 Å². The van der Waals surface area contributed by atoms with Crippen LogP contribution in [0.25, 0.3) is 0 Å². The van der Waals surface area contributed by atoms with E-state index in [2.05, 4.69) is 15.2 Å². The van der Waals surface area contributed by atoms with Crippen LogP contribution < -0.4 is 16.0 Å². The molecule has 2 aromatic heterocycles. The summed E-state index contributed by atoms with van der Waals surface area (Å²) in [5, 5.41) is 5.72. The highest BCUT2D eigenvalue weighted by Crippen LogP contribution is 2.32. The maximum atomic E-state index is 12.8. The fourth-order valence-electron chi connectivity index (χ4n) is 3.61. The largest absolute Gasteiger partial charge is 0.444 e. The predicted molar refractivity (Wildman–Crippen MR) is 139 cm³/mol. The maximum absolute atomic E-state index is 12.8. The van der Waals surface area contributed by atoms with Gasteiger partial charge in [-0.25, -0.2) is 9.78 Å². The molecule has 0 spiro atoms. The number of amides is 1. The van der Waals surface area contributed by atoms with Crippen molar-refractivity contribution in [1.29, 1.82) is 0 Å². The van der Waals surface area contributed by atoms with Gasteiger partial charge in [-0.05, 0) is 69.0 Å². The van der Waals surface area contributed by atoms with Crippen molar-refractivity contribution in [1.82, 2.24) is 9.88 Å². The van der Waals surface area contributed by atoms with E-state index in [1.54, 1.807) is 4.90 Å². The molecule has 3 aromatic rings. The van der Waals surface area contributed by atoms with Crippen LogP contribution in [-0.4, -0.2) is 53.5 Å². The van der Waals surface area contributed by atoms with Crippen LogP contribution in [0.3, 0.4) is 0 Å². The molecule has 0 unspecified atom stereocenters. The topological polar surface area (TPSA) is 101 Å². The van der Waals surface area contributed by atoms with Crippen LogP contribution >= 0.6 is 22.7 Å². The number of aryl methyl sites for hydroxylation is 1. The van der Waals surface area contributed by atoms with Crippen molar-refractivity contribution < 1.29 is 14.3 Å². The first kappa shape index (κ1) is 24.0. The number of rotatable bonds is 5. The van der Waals surface area contributed by atoms with Gasteiger partial charge in [0.05, 0.1) is 4.88 Å². The van der Waals surface area contributed by atoms with Crippen molar-refractivity contribution in [3.8, 4) is 0 Å². The lowest BCUT2D eigenvalue weighted by Crippen LogP contribution is -2.50. The van der Waals surface area contributed by atoms with E-state index < -0.39 is 5.60 Å². The molecule has 10 heteroatoms. The van der Waals surface area contributed by atoms with Crippen LogP contribution in [0.2, 0.25) is 0 Å². The molecule has 1 aliphatic rings. The second kappa shape index (κ2) is 9.63. The van der Waals surface area contributed by atoms with E-state index >= 15 is 0 Å². The van der Waals surface area contributed by atoms with Gasteiger partial charge in [0, 0.05) is 37.6 Å². The third kappa shape index (κ3) is 5.51. The number of ketones is 1. The molecule has 1 amide bonds. The van der Waals surface area contributed by atoms with Gasteiger partial charge in [-0.2, -0.15) is 0 Å². The second-order valence-corrected chi connectivity index (χ2v) is 11.0. The summed E-state index contributed by atoms with van der Waals surface area (Å²) in [5.41, 5.74) is 8.43. The zero-order chi connectivity index (χ0) is 24.5. The molecule has 0 saturated carbocycles. The lowest BCUT2D eigenvalue weighted by molar-refractivity contribution is 0.0240. The van der Waals surface area contributed by atoms with E-state index in [1.807, 2.05) is 63.4 Å². The van der Waals surface area contributed by atoms with Crippen molar-refractivity contribution in [2.75, 3.05) is 42.1 Å². The van der Waals surface area contributed by atoms with E-state index in [1.165, 1.54) is 22.7 Å². The number of anilines is 4. The zero-order valence-corrected chi connectivity index (χ0v) is 21.4. The van der Waals surface area contributed by atoms with Gasteiger partial charge in [-0.3, -0.25) is 4.79 Å². The first-order chi connectivity index (χ1) is 16.1. The highest BCUT2D eigenvalue weighted by atomic mass is 32.1. The molecule has 3 heterocycles. The van der Waals surface area contributed by atoms with Crippen molar-refractivity contribution >= 4 is 56.9 Å². The third-order valence-electron chi connectivity index (χ3n) is 5.34. The number of thiophene rings is 1. The number of piperazine rings is 1. The molecule has 0 bridgehead atoms. The first-order valence-corrected chi connectivity index (χ1v) is 12.8. The molecule has 34 heavy (non-hydrogen) atoms. The number of nitrogens with one attached hydrogen (secondary N) is 1. The van der Waals surface area contributed by atoms with E-state index in [4.69, 9.17) is 10.5 Å². The van der Waals surface area contributed by atoms with Crippen LogP contribution in [0.15, 0.2) is 35.7 Å². The van der Waals surface area contributed by atoms with Gasteiger partial charge in [0.15, 0.2) is 5.13 Å². The quantitative estimate of drug-likeness (QED) is 0.470. The molecule has 1 aromatic carbocycles. The Morgan fingerprint density at radius 3 is 2.32 bits per heavy atom. The summed E-state index contributed by atoms with van der Waals surface area (Å²) in [4.78, 5) is 34.5. The molecular formula is C24H29N5O3S2. The normalized spacial score (nSPS) is 14.2. The lowest BCUT2D eigenvalue weighted by atomic mass is 10.2. The Hall–Kier alpha value is -3.11. The Kier molecular flexibility index (Phi) is 6.81. The summed E-state index contributed by atoms with van der Waals surface area (Å²) in [6.07, 6.45) is -0.262. The van der Waals surface area contributed by atoms with Crippen LogP contribution in [0.4, 0.5) is 27.1 Å². The molecule has 3 N–H and O–H groups in total. The minimum Gasteiger partial charge on any atom is -0.444 e. The van der Waals surface area contributed by atoms with Crippen LogP contribution in [0.5, 0.6) is 0 Å². The van der Waals surface area contributed by atoms with Crippen molar-refractivity contribution in [3.63, 3.8) is 0 Å². The molecule has 0 atom stereocenters. The Labute approximate surface area is 207 Å². The third-order valence-corrected chi connectivity index (χ3v) is 7.34. The van der Waals surface area contributed by atoms with Crippen LogP contribution in [0, 0.1) is 6.92 Å². The highest BCUT2D eigenvalue weighted by molar-refractivity contribution is 7.19. The van der Waals surface area contributed by atoms with Crippen LogP contribution in [0.1, 0.15) is 40.9 Å². The van der Waals surface area contributed by atoms with E-state index in [0.717, 1.165) is 30.0 Å². The number of benzene rings is 1. The number of thiazole rings is 1. The summed E-state index contributed by atoms with van der Waals surface area (Å²) in [5.74, 6) is 0.154. The maximum Gasteiger partial charge on any atom is 0.410 e. The lowest BCUT2D eigenvalue weighted by Gasteiger charge is -2.36. The van der Waals surface area contributed by atoms with Gasteiger partial charge < -0.3 is 25.6 Å². The average molecular weight is 500 g/mol. The average Bonchev–Trinajstić information content (AvgIpc) is 3.38. The minimum absolute atomic E-state index is 0.0866. The molecule has 1 saturated heterocycles. The molecule has 1 aliphatic heterocycles. The summed E-state index contributed by atoms with van der Waals surface area (Å²) in [7, 11) is 0. The van der Waals surface area contributed by atoms with Gasteiger partial charge in [-0.15, -0.1) is 11.3 Å². The number of carbonyl (C=O) groups excluding carboxylic acids is 2. The summed E-state index contributed by atoms with van der Waals surface area (Å²) >= 11 is 2.67. The van der Waals surface area contributed by atoms with Gasteiger partial charge >= 0.3 is 6.09 Å². The number of hydrogen-bond donors (Lipinski definition) is 2. The molecule has 8 nitrogen and oxygen atoms in total. The standard InChI is InChI=1S/C24H29N5O3S2/c1-15-9-14-33-19(15)18(30)20-21(25)27-22(34-20)26-16-5-7-17(8-6-16)28-10-12-29(13-11-28)23(31)32-24(2,3)4/h5-9,14H,10-13,25H2,1-4H3,(H,26,27). The molecular weight excluding hydrogens is 470 g/mol. The van der Waals surface area contributed by atoms with E-state index in [-0.39, 0.29) is 17.7 Å². The number of ether oxygens (including phenoxy) is 1. The van der Waals surface area contributed by atoms with Gasteiger partial charge in [-0.1, -0.05) is 11.3 Å². The zero-order valence-electron chi connectivity index (χ0n) is 19.8. The number of hydrogen-bond acceptors (Lipinski definition) is 9. The molecule has 180 valence electrons. The summed E-state index contributed by atoms with van der Waals surface area (Å²) in [6.45, 7) is 10.3. The predicted octanol–water partition coefficient (Wildman–Crippen LogP) is 5.13. The number of nitrogen functional groups attached to an aromatic ring is 1. The Morgan fingerprint density at radius 2 is 1.74 bits per heavy atom. The second-order valence-electron chi connectivity index (χ2n) is 9.12. The SMILES string of the molecule is Cc1ccsc1C(=O)c1sc(Nc2ccc(N3CCN(C(=O)OC(C)(C)C)CC3)cc2)nc1N.